The Morgan fingerprint density at radius 3 is 2.44 bits per heavy atom. The highest BCUT2D eigenvalue weighted by molar-refractivity contribution is 5.76. The molecule has 0 radical (unpaired) electrons. The Hall–Kier alpha value is -2.92. The van der Waals surface area contributed by atoms with Crippen molar-refractivity contribution in [1.29, 1.82) is 0 Å². The quantitative estimate of drug-likeness (QED) is 0.435. The number of anilines is 3. The summed E-state index contributed by atoms with van der Waals surface area (Å²) in [5.41, 5.74) is 0.194. The van der Waals surface area contributed by atoms with Crippen LogP contribution in [0.25, 0.3) is 11.2 Å². The van der Waals surface area contributed by atoms with E-state index in [0.717, 1.165) is 12.8 Å². The topological polar surface area (TPSA) is 108 Å². The number of hydrogen-bond acceptors (Lipinski definition) is 7. The summed E-state index contributed by atoms with van der Waals surface area (Å²) in [5.74, 6) is -2.83. The summed E-state index contributed by atoms with van der Waals surface area (Å²) in [7, 11) is 0. The minimum Gasteiger partial charge on any atom is -0.394 e. The van der Waals surface area contributed by atoms with Crippen molar-refractivity contribution in [3.8, 4) is 0 Å². The first-order valence-electron chi connectivity index (χ1n) is 10.6. The van der Waals surface area contributed by atoms with Crippen LogP contribution in [0.2, 0.25) is 0 Å². The maximum absolute atomic E-state index is 14.2. The smallest absolute Gasteiger partial charge is 0.224 e. The number of halogens is 3. The van der Waals surface area contributed by atoms with E-state index in [1.807, 2.05) is 6.92 Å². The largest absolute Gasteiger partial charge is 0.394 e. The molecule has 1 unspecified atom stereocenters. The highest BCUT2D eigenvalue weighted by atomic mass is 19.1. The zero-order chi connectivity index (χ0) is 22.8. The van der Waals surface area contributed by atoms with Gasteiger partial charge >= 0.3 is 0 Å². The fourth-order valence-corrected chi connectivity index (χ4v) is 3.96. The van der Waals surface area contributed by atoms with Crippen LogP contribution in [0.5, 0.6) is 0 Å². The van der Waals surface area contributed by atoms with Gasteiger partial charge in [0.1, 0.15) is 17.0 Å². The molecule has 172 valence electrons. The minimum absolute atomic E-state index is 0.0533. The van der Waals surface area contributed by atoms with Crippen molar-refractivity contribution in [3.05, 3.63) is 35.8 Å². The van der Waals surface area contributed by atoms with E-state index in [9.17, 15) is 23.4 Å². The lowest BCUT2D eigenvalue weighted by Crippen LogP contribution is -2.29. The Morgan fingerprint density at radius 1 is 1.12 bits per heavy atom. The first-order chi connectivity index (χ1) is 15.4. The maximum atomic E-state index is 14.2. The summed E-state index contributed by atoms with van der Waals surface area (Å²) in [6.07, 6.45) is 4.67. The highest BCUT2D eigenvalue weighted by Gasteiger charge is 2.24. The number of nitrogens with zero attached hydrogens (tertiary/aromatic N) is 4. The second kappa shape index (κ2) is 9.29. The normalized spacial score (nSPS) is 19.8. The van der Waals surface area contributed by atoms with Gasteiger partial charge in [-0.05, 0) is 32.1 Å². The van der Waals surface area contributed by atoms with Crippen LogP contribution in [0, 0.1) is 17.5 Å². The van der Waals surface area contributed by atoms with Crippen LogP contribution in [0.15, 0.2) is 18.3 Å². The van der Waals surface area contributed by atoms with Crippen molar-refractivity contribution < 1.29 is 23.4 Å². The first-order valence-corrected chi connectivity index (χ1v) is 10.6. The van der Waals surface area contributed by atoms with Crippen molar-refractivity contribution in [3.63, 3.8) is 0 Å². The molecule has 2 aromatic heterocycles. The second-order valence-electron chi connectivity index (χ2n) is 7.97. The molecule has 4 rings (SSSR count). The number of benzene rings is 1. The van der Waals surface area contributed by atoms with Crippen LogP contribution < -0.4 is 10.6 Å². The van der Waals surface area contributed by atoms with Crippen molar-refractivity contribution in [1.82, 2.24) is 19.5 Å². The van der Waals surface area contributed by atoms with E-state index in [4.69, 9.17) is 0 Å². The van der Waals surface area contributed by atoms with Gasteiger partial charge in [0.05, 0.1) is 24.9 Å². The summed E-state index contributed by atoms with van der Waals surface area (Å²) < 4.78 is 43.3. The summed E-state index contributed by atoms with van der Waals surface area (Å²) >= 11 is 0. The number of aromatic nitrogens is 4. The predicted molar refractivity (Wildman–Crippen MR) is 113 cm³/mol. The van der Waals surface area contributed by atoms with E-state index in [0.29, 0.717) is 48.5 Å². The fraction of sp³-hybridized carbons (Fsp3) is 0.476. The number of aliphatic hydroxyl groups excluding tert-OH is 2. The molecule has 4 N–H and O–H groups in total. The highest BCUT2D eigenvalue weighted by Crippen LogP contribution is 2.30. The van der Waals surface area contributed by atoms with Gasteiger partial charge in [-0.15, -0.1) is 0 Å². The van der Waals surface area contributed by atoms with E-state index in [1.165, 1.54) is 6.20 Å². The van der Waals surface area contributed by atoms with Crippen LogP contribution in [-0.4, -0.2) is 48.5 Å². The molecule has 1 atom stereocenters. The van der Waals surface area contributed by atoms with Gasteiger partial charge in [-0.2, -0.15) is 4.98 Å². The van der Waals surface area contributed by atoms with Gasteiger partial charge in [-0.3, -0.25) is 4.57 Å². The van der Waals surface area contributed by atoms with E-state index in [1.54, 1.807) is 4.57 Å². The summed E-state index contributed by atoms with van der Waals surface area (Å²) in [4.78, 5) is 13.2. The molecule has 1 aliphatic carbocycles. The average molecular weight is 450 g/mol. The average Bonchev–Trinajstić information content (AvgIpc) is 3.11. The number of aliphatic hydroxyl groups is 2. The van der Waals surface area contributed by atoms with E-state index < -0.39 is 29.2 Å². The van der Waals surface area contributed by atoms with Crippen LogP contribution in [0.3, 0.4) is 0 Å². The lowest BCUT2D eigenvalue weighted by molar-refractivity contribution is 0.126. The van der Waals surface area contributed by atoms with Crippen molar-refractivity contribution in [2.75, 3.05) is 17.2 Å². The maximum Gasteiger partial charge on any atom is 0.224 e. The SMILES string of the molecule is CCC(CO)n1c(Nc2c(F)cc(F)cc2F)nc2cnc(NC3CCC(O)CC3)nc21. The summed E-state index contributed by atoms with van der Waals surface area (Å²) in [5, 5.41) is 25.4. The molecule has 1 aromatic carbocycles. The molecule has 2 heterocycles. The molecule has 0 amide bonds. The Morgan fingerprint density at radius 2 is 1.81 bits per heavy atom. The third kappa shape index (κ3) is 4.49. The number of fused-ring (bicyclic) bond motifs is 1. The Labute approximate surface area is 182 Å². The van der Waals surface area contributed by atoms with E-state index >= 15 is 0 Å². The number of imidazole rings is 1. The molecule has 32 heavy (non-hydrogen) atoms. The molecular weight excluding hydrogens is 425 g/mol. The van der Waals surface area contributed by atoms with Crippen LogP contribution in [-0.2, 0) is 0 Å². The van der Waals surface area contributed by atoms with Gasteiger partial charge in [0, 0.05) is 18.2 Å². The van der Waals surface area contributed by atoms with Gasteiger partial charge in [-0.25, -0.2) is 23.1 Å². The summed E-state index contributed by atoms with van der Waals surface area (Å²) in [6.45, 7) is 1.60. The summed E-state index contributed by atoms with van der Waals surface area (Å²) in [6, 6.07) is 0.795. The molecule has 0 spiro atoms. The molecule has 3 aromatic rings. The lowest BCUT2D eigenvalue weighted by Gasteiger charge is -2.26. The van der Waals surface area contributed by atoms with Crippen LogP contribution >= 0.6 is 0 Å². The molecular formula is C21H25F3N6O2. The lowest BCUT2D eigenvalue weighted by atomic mass is 9.93. The van der Waals surface area contributed by atoms with Crippen LogP contribution in [0.4, 0.5) is 30.8 Å². The number of nitrogens with one attached hydrogen (secondary N) is 2. The van der Waals surface area contributed by atoms with E-state index in [-0.39, 0.29) is 24.7 Å². The third-order valence-electron chi connectivity index (χ3n) is 5.75. The van der Waals surface area contributed by atoms with Gasteiger partial charge in [0.25, 0.3) is 0 Å². The van der Waals surface area contributed by atoms with Gasteiger partial charge < -0.3 is 20.8 Å². The van der Waals surface area contributed by atoms with Gasteiger partial charge in [0.2, 0.25) is 11.9 Å². The molecule has 0 aliphatic heterocycles. The Balaban J connectivity index is 1.72. The molecule has 1 fully saturated rings. The standard InChI is InChI=1S/C21H25F3N6O2/c1-2-13(10-31)30-19-17(9-25-20(29-19)26-12-3-5-14(32)6-4-12)27-21(30)28-18-15(23)7-11(22)8-16(18)24/h7-9,12-14,31-32H,2-6,10H2,1H3,(H,27,28)(H,25,26,29). The fourth-order valence-electron chi connectivity index (χ4n) is 3.96. The zero-order valence-corrected chi connectivity index (χ0v) is 17.5. The van der Waals surface area contributed by atoms with Crippen molar-refractivity contribution in [2.45, 2.75) is 57.2 Å². The molecule has 11 heteroatoms. The number of hydrogen-bond donors (Lipinski definition) is 4. The first kappa shape index (κ1) is 22.3. The van der Waals surface area contributed by atoms with E-state index in [2.05, 4.69) is 25.6 Å². The zero-order valence-electron chi connectivity index (χ0n) is 17.5. The Kier molecular flexibility index (Phi) is 6.47. The molecule has 1 aliphatic rings. The number of rotatable bonds is 7. The molecule has 8 nitrogen and oxygen atoms in total. The van der Waals surface area contributed by atoms with Crippen LogP contribution in [0.1, 0.15) is 45.1 Å². The Bertz CT molecular complexity index is 1070. The minimum atomic E-state index is -1.11. The molecule has 0 bridgehead atoms. The third-order valence-corrected chi connectivity index (χ3v) is 5.75. The second-order valence-corrected chi connectivity index (χ2v) is 7.97. The predicted octanol–water partition coefficient (Wildman–Crippen LogP) is 3.65. The van der Waals surface area contributed by atoms with Crippen molar-refractivity contribution in [2.24, 2.45) is 0 Å². The van der Waals surface area contributed by atoms with Gasteiger partial charge in [-0.1, -0.05) is 6.92 Å². The molecule has 0 saturated heterocycles. The van der Waals surface area contributed by atoms with Gasteiger partial charge in [0.15, 0.2) is 17.3 Å². The molecule has 1 saturated carbocycles. The van der Waals surface area contributed by atoms with Crippen molar-refractivity contribution >= 4 is 28.7 Å². The monoisotopic (exact) mass is 450 g/mol.